The third-order valence-corrected chi connectivity index (χ3v) is 3.86. The molecule has 0 unspecified atom stereocenters. The van der Waals surface area contributed by atoms with Crippen molar-refractivity contribution in [2.24, 2.45) is 0 Å². The van der Waals surface area contributed by atoms with Gasteiger partial charge in [-0.05, 0) is 19.1 Å². The monoisotopic (exact) mass is 288 g/mol. The standard InChI is InChI=1S/C15H17ClN4/c1-11-14(20-8-6-17-7-9-20)10-18-15(19-11)12-4-2-3-5-13(12)16/h2-5,10,17H,6-9H2,1H3. The summed E-state index contributed by atoms with van der Waals surface area (Å²) in [5.74, 6) is 0.687. The number of piperazine rings is 1. The summed E-state index contributed by atoms with van der Waals surface area (Å²) in [5.41, 5.74) is 2.99. The zero-order valence-electron chi connectivity index (χ0n) is 11.4. The number of hydrogen-bond acceptors (Lipinski definition) is 4. The number of hydrogen-bond donors (Lipinski definition) is 1. The number of rotatable bonds is 2. The van der Waals surface area contributed by atoms with Crippen molar-refractivity contribution in [3.63, 3.8) is 0 Å². The van der Waals surface area contributed by atoms with Crippen LogP contribution < -0.4 is 10.2 Å². The Balaban J connectivity index is 1.93. The Morgan fingerprint density at radius 3 is 2.65 bits per heavy atom. The smallest absolute Gasteiger partial charge is 0.161 e. The zero-order valence-corrected chi connectivity index (χ0v) is 12.2. The van der Waals surface area contributed by atoms with E-state index >= 15 is 0 Å². The predicted octanol–water partition coefficient (Wildman–Crippen LogP) is 2.52. The molecule has 0 saturated carbocycles. The average molecular weight is 289 g/mol. The van der Waals surface area contributed by atoms with Gasteiger partial charge in [0.15, 0.2) is 5.82 Å². The first-order valence-corrected chi connectivity index (χ1v) is 7.18. The summed E-state index contributed by atoms with van der Waals surface area (Å²) >= 11 is 6.20. The summed E-state index contributed by atoms with van der Waals surface area (Å²) in [5, 5.41) is 4.03. The Kier molecular flexibility index (Phi) is 3.85. The van der Waals surface area contributed by atoms with Gasteiger partial charge in [0.05, 0.1) is 22.6 Å². The molecule has 5 heteroatoms. The minimum absolute atomic E-state index is 0.682. The molecule has 0 amide bonds. The maximum absolute atomic E-state index is 6.20. The van der Waals surface area contributed by atoms with Gasteiger partial charge in [-0.2, -0.15) is 0 Å². The van der Waals surface area contributed by atoms with Gasteiger partial charge in [-0.3, -0.25) is 0 Å². The molecule has 1 N–H and O–H groups in total. The fourth-order valence-corrected chi connectivity index (χ4v) is 2.67. The van der Waals surface area contributed by atoms with E-state index in [1.807, 2.05) is 37.4 Å². The first-order valence-electron chi connectivity index (χ1n) is 6.80. The van der Waals surface area contributed by atoms with Crippen molar-refractivity contribution in [1.29, 1.82) is 0 Å². The highest BCUT2D eigenvalue weighted by Crippen LogP contribution is 2.26. The van der Waals surface area contributed by atoms with Crippen LogP contribution in [0.15, 0.2) is 30.5 Å². The van der Waals surface area contributed by atoms with E-state index in [4.69, 9.17) is 11.6 Å². The van der Waals surface area contributed by atoms with Gasteiger partial charge in [0.2, 0.25) is 0 Å². The van der Waals surface area contributed by atoms with Crippen LogP contribution in [0, 0.1) is 6.92 Å². The van der Waals surface area contributed by atoms with E-state index in [-0.39, 0.29) is 0 Å². The van der Waals surface area contributed by atoms with Gasteiger partial charge in [-0.25, -0.2) is 9.97 Å². The Morgan fingerprint density at radius 1 is 1.20 bits per heavy atom. The van der Waals surface area contributed by atoms with E-state index < -0.39 is 0 Å². The molecule has 104 valence electrons. The number of aromatic nitrogens is 2. The Morgan fingerprint density at radius 2 is 1.95 bits per heavy atom. The van der Waals surface area contributed by atoms with E-state index in [1.165, 1.54) is 0 Å². The maximum atomic E-state index is 6.20. The lowest BCUT2D eigenvalue weighted by Crippen LogP contribution is -2.43. The van der Waals surface area contributed by atoms with Crippen molar-refractivity contribution < 1.29 is 0 Å². The van der Waals surface area contributed by atoms with Crippen molar-refractivity contribution >= 4 is 17.3 Å². The molecule has 2 aromatic rings. The molecule has 1 fully saturated rings. The van der Waals surface area contributed by atoms with Gasteiger partial charge in [0, 0.05) is 31.7 Å². The summed E-state index contributed by atoms with van der Waals surface area (Å²) in [4.78, 5) is 11.4. The Hall–Kier alpha value is -1.65. The predicted molar refractivity (Wildman–Crippen MR) is 82.3 cm³/mol. The van der Waals surface area contributed by atoms with E-state index in [9.17, 15) is 0 Å². The SMILES string of the molecule is Cc1nc(-c2ccccc2Cl)ncc1N1CCNCC1. The van der Waals surface area contributed by atoms with Crippen LogP contribution in [-0.4, -0.2) is 36.1 Å². The molecule has 3 rings (SSSR count). The van der Waals surface area contributed by atoms with Crippen LogP contribution >= 0.6 is 11.6 Å². The molecular weight excluding hydrogens is 272 g/mol. The lowest BCUT2D eigenvalue weighted by molar-refractivity contribution is 0.587. The highest BCUT2D eigenvalue weighted by molar-refractivity contribution is 6.33. The van der Waals surface area contributed by atoms with Crippen molar-refractivity contribution in [1.82, 2.24) is 15.3 Å². The molecule has 0 spiro atoms. The van der Waals surface area contributed by atoms with Crippen LogP contribution in [0.5, 0.6) is 0 Å². The van der Waals surface area contributed by atoms with Crippen molar-refractivity contribution in [2.45, 2.75) is 6.92 Å². The van der Waals surface area contributed by atoms with Gasteiger partial charge in [-0.15, -0.1) is 0 Å². The molecular formula is C15H17ClN4. The van der Waals surface area contributed by atoms with Gasteiger partial charge < -0.3 is 10.2 Å². The number of halogens is 1. The molecule has 1 aliphatic rings. The second-order valence-corrected chi connectivity index (χ2v) is 5.29. The van der Waals surface area contributed by atoms with Crippen molar-refractivity contribution in [2.75, 3.05) is 31.1 Å². The van der Waals surface area contributed by atoms with Gasteiger partial charge in [0.25, 0.3) is 0 Å². The zero-order chi connectivity index (χ0) is 13.9. The average Bonchev–Trinajstić information content (AvgIpc) is 2.48. The highest BCUT2D eigenvalue weighted by atomic mass is 35.5. The third-order valence-electron chi connectivity index (χ3n) is 3.53. The number of benzene rings is 1. The summed E-state index contributed by atoms with van der Waals surface area (Å²) in [6.07, 6.45) is 1.91. The largest absolute Gasteiger partial charge is 0.366 e. The highest BCUT2D eigenvalue weighted by Gasteiger charge is 2.15. The quantitative estimate of drug-likeness (QED) is 0.922. The maximum Gasteiger partial charge on any atom is 0.161 e. The van der Waals surface area contributed by atoms with E-state index in [0.29, 0.717) is 10.8 Å². The second-order valence-electron chi connectivity index (χ2n) is 4.88. The van der Waals surface area contributed by atoms with Gasteiger partial charge in [0.1, 0.15) is 0 Å². The van der Waals surface area contributed by atoms with Crippen LogP contribution in [0.2, 0.25) is 5.02 Å². The van der Waals surface area contributed by atoms with Crippen molar-refractivity contribution in [3.8, 4) is 11.4 Å². The van der Waals surface area contributed by atoms with Crippen LogP contribution in [0.1, 0.15) is 5.69 Å². The first-order chi connectivity index (χ1) is 9.75. The topological polar surface area (TPSA) is 41.1 Å². The van der Waals surface area contributed by atoms with E-state index in [1.54, 1.807) is 0 Å². The number of anilines is 1. The van der Waals surface area contributed by atoms with E-state index in [0.717, 1.165) is 43.1 Å². The van der Waals surface area contributed by atoms with Crippen molar-refractivity contribution in [3.05, 3.63) is 41.2 Å². The minimum atomic E-state index is 0.682. The van der Waals surface area contributed by atoms with E-state index in [2.05, 4.69) is 20.2 Å². The summed E-state index contributed by atoms with van der Waals surface area (Å²) < 4.78 is 0. The van der Waals surface area contributed by atoms with Gasteiger partial charge >= 0.3 is 0 Å². The van der Waals surface area contributed by atoms with Gasteiger partial charge in [-0.1, -0.05) is 23.7 Å². The number of nitrogens with zero attached hydrogens (tertiary/aromatic N) is 3. The molecule has 1 saturated heterocycles. The second kappa shape index (κ2) is 5.77. The van der Waals surface area contributed by atoms with Crippen LogP contribution in [0.4, 0.5) is 5.69 Å². The van der Waals surface area contributed by atoms with Crippen LogP contribution in [0.3, 0.4) is 0 Å². The molecule has 0 aliphatic carbocycles. The first kappa shape index (κ1) is 13.3. The lowest BCUT2D eigenvalue weighted by Gasteiger charge is -2.30. The molecule has 2 heterocycles. The molecule has 0 radical (unpaired) electrons. The third kappa shape index (κ3) is 2.62. The molecule has 0 bridgehead atoms. The molecule has 20 heavy (non-hydrogen) atoms. The molecule has 1 aliphatic heterocycles. The minimum Gasteiger partial charge on any atom is -0.366 e. The molecule has 1 aromatic heterocycles. The normalized spacial score (nSPS) is 15.4. The molecule has 4 nitrogen and oxygen atoms in total. The number of nitrogens with one attached hydrogen (secondary N) is 1. The van der Waals surface area contributed by atoms with Crippen LogP contribution in [-0.2, 0) is 0 Å². The molecule has 1 aromatic carbocycles. The summed E-state index contributed by atoms with van der Waals surface area (Å²) in [7, 11) is 0. The Labute approximate surface area is 123 Å². The molecule has 0 atom stereocenters. The van der Waals surface area contributed by atoms with Crippen LogP contribution in [0.25, 0.3) is 11.4 Å². The summed E-state index contributed by atoms with van der Waals surface area (Å²) in [6, 6.07) is 7.67. The summed E-state index contributed by atoms with van der Waals surface area (Å²) in [6.45, 7) is 6.03. The fraction of sp³-hybridized carbons (Fsp3) is 0.333. The Bertz CT molecular complexity index is 609. The fourth-order valence-electron chi connectivity index (χ4n) is 2.45. The number of aryl methyl sites for hydroxylation is 1. The lowest BCUT2D eigenvalue weighted by atomic mass is 10.2.